The summed E-state index contributed by atoms with van der Waals surface area (Å²) in [7, 11) is 0. The first kappa shape index (κ1) is 16.2. The Balaban J connectivity index is 2.55. The summed E-state index contributed by atoms with van der Waals surface area (Å²) < 4.78 is 0. The van der Waals surface area contributed by atoms with Gasteiger partial charge in [-0.25, -0.2) is 0 Å². The van der Waals surface area contributed by atoms with Gasteiger partial charge >= 0.3 is 0 Å². The predicted molar refractivity (Wildman–Crippen MR) is 84.6 cm³/mol. The summed E-state index contributed by atoms with van der Waals surface area (Å²) in [6, 6.07) is 9.09. The van der Waals surface area contributed by atoms with Gasteiger partial charge in [0.1, 0.15) is 0 Å². The van der Waals surface area contributed by atoms with Gasteiger partial charge in [-0.15, -0.1) is 0 Å². The Morgan fingerprint density at radius 1 is 1.21 bits per heavy atom. The fourth-order valence-electron chi connectivity index (χ4n) is 2.23. The first-order valence-corrected chi connectivity index (χ1v) is 7.49. The zero-order valence-corrected chi connectivity index (χ0v) is 13.0. The predicted octanol–water partition coefficient (Wildman–Crippen LogP) is 3.10. The lowest BCUT2D eigenvalue weighted by molar-refractivity contribution is 0.434. The van der Waals surface area contributed by atoms with Gasteiger partial charge in [-0.1, -0.05) is 58.4 Å². The SMILES string of the molecule is CCCc1ccc(C(C)(C)CNCC(C)CN)cc1. The molecule has 0 fully saturated rings. The maximum Gasteiger partial charge on any atom is 0.00433 e. The Morgan fingerprint density at radius 2 is 1.84 bits per heavy atom. The molecule has 0 saturated carbocycles. The number of nitrogens with one attached hydrogen (secondary N) is 1. The molecule has 1 rings (SSSR count). The highest BCUT2D eigenvalue weighted by molar-refractivity contribution is 5.28. The van der Waals surface area contributed by atoms with Crippen molar-refractivity contribution in [2.75, 3.05) is 19.6 Å². The van der Waals surface area contributed by atoms with E-state index in [0.717, 1.165) is 19.6 Å². The third kappa shape index (κ3) is 5.33. The lowest BCUT2D eigenvalue weighted by Crippen LogP contribution is -2.36. The topological polar surface area (TPSA) is 38.0 Å². The molecule has 0 bridgehead atoms. The van der Waals surface area contributed by atoms with Crippen molar-refractivity contribution in [3.05, 3.63) is 35.4 Å². The lowest BCUT2D eigenvalue weighted by Gasteiger charge is -2.27. The molecule has 0 aliphatic heterocycles. The van der Waals surface area contributed by atoms with Crippen LogP contribution in [0.3, 0.4) is 0 Å². The van der Waals surface area contributed by atoms with Crippen molar-refractivity contribution in [1.29, 1.82) is 0 Å². The van der Waals surface area contributed by atoms with Gasteiger partial charge in [-0.3, -0.25) is 0 Å². The van der Waals surface area contributed by atoms with Crippen LogP contribution in [-0.2, 0) is 11.8 Å². The number of hydrogen-bond acceptors (Lipinski definition) is 2. The molecule has 1 aromatic rings. The second-order valence-corrected chi connectivity index (χ2v) is 6.30. The van der Waals surface area contributed by atoms with Crippen molar-refractivity contribution in [2.24, 2.45) is 11.7 Å². The van der Waals surface area contributed by atoms with Crippen molar-refractivity contribution in [3.8, 4) is 0 Å². The molecule has 108 valence electrons. The van der Waals surface area contributed by atoms with E-state index in [1.54, 1.807) is 0 Å². The van der Waals surface area contributed by atoms with Crippen LogP contribution in [0.2, 0.25) is 0 Å². The number of hydrogen-bond donors (Lipinski definition) is 2. The Bertz CT molecular complexity index is 354. The molecule has 0 heterocycles. The molecule has 1 unspecified atom stereocenters. The Kier molecular flexibility index (Phi) is 6.53. The van der Waals surface area contributed by atoms with Crippen LogP contribution in [0, 0.1) is 5.92 Å². The standard InChI is InChI=1S/C17H30N2/c1-5-6-15-7-9-16(10-8-15)17(3,4)13-19-12-14(2)11-18/h7-10,14,19H,5-6,11-13,18H2,1-4H3. The molecule has 2 nitrogen and oxygen atoms in total. The zero-order valence-electron chi connectivity index (χ0n) is 13.0. The number of aryl methyl sites for hydroxylation is 1. The smallest absolute Gasteiger partial charge is 0.00433 e. The Morgan fingerprint density at radius 3 is 2.37 bits per heavy atom. The second-order valence-electron chi connectivity index (χ2n) is 6.30. The highest BCUT2D eigenvalue weighted by Crippen LogP contribution is 2.23. The maximum absolute atomic E-state index is 5.64. The molecule has 0 aromatic heterocycles. The molecule has 0 aliphatic rings. The molecular formula is C17H30N2. The summed E-state index contributed by atoms with van der Waals surface area (Å²) in [5, 5.41) is 3.53. The van der Waals surface area contributed by atoms with E-state index >= 15 is 0 Å². The van der Waals surface area contributed by atoms with Crippen LogP contribution in [0.25, 0.3) is 0 Å². The fraction of sp³-hybridized carbons (Fsp3) is 0.647. The van der Waals surface area contributed by atoms with Gasteiger partial charge in [0.25, 0.3) is 0 Å². The summed E-state index contributed by atoms with van der Waals surface area (Å²) in [6.45, 7) is 11.7. The number of benzene rings is 1. The summed E-state index contributed by atoms with van der Waals surface area (Å²) >= 11 is 0. The van der Waals surface area contributed by atoms with Gasteiger partial charge in [0, 0.05) is 12.0 Å². The van der Waals surface area contributed by atoms with E-state index in [0.29, 0.717) is 5.92 Å². The van der Waals surface area contributed by atoms with Gasteiger partial charge in [-0.2, -0.15) is 0 Å². The zero-order chi connectivity index (χ0) is 14.3. The molecule has 1 atom stereocenters. The largest absolute Gasteiger partial charge is 0.330 e. The van der Waals surface area contributed by atoms with Crippen molar-refractivity contribution < 1.29 is 0 Å². The highest BCUT2D eigenvalue weighted by atomic mass is 14.9. The van der Waals surface area contributed by atoms with E-state index in [9.17, 15) is 0 Å². The third-order valence-corrected chi connectivity index (χ3v) is 3.74. The van der Waals surface area contributed by atoms with Crippen LogP contribution in [0.4, 0.5) is 0 Å². The molecule has 0 spiro atoms. The normalized spacial score (nSPS) is 13.5. The molecular weight excluding hydrogens is 232 g/mol. The van der Waals surface area contributed by atoms with Crippen molar-refractivity contribution >= 4 is 0 Å². The highest BCUT2D eigenvalue weighted by Gasteiger charge is 2.20. The van der Waals surface area contributed by atoms with Gasteiger partial charge in [-0.05, 0) is 36.6 Å². The van der Waals surface area contributed by atoms with Gasteiger partial charge in [0.15, 0.2) is 0 Å². The van der Waals surface area contributed by atoms with Crippen LogP contribution in [-0.4, -0.2) is 19.6 Å². The summed E-state index contributed by atoms with van der Waals surface area (Å²) in [4.78, 5) is 0. The maximum atomic E-state index is 5.64. The molecule has 0 amide bonds. The van der Waals surface area contributed by atoms with E-state index < -0.39 is 0 Å². The van der Waals surface area contributed by atoms with E-state index in [1.165, 1.54) is 24.0 Å². The average Bonchev–Trinajstić information content (AvgIpc) is 2.39. The van der Waals surface area contributed by atoms with E-state index in [2.05, 4.69) is 57.3 Å². The minimum Gasteiger partial charge on any atom is -0.330 e. The molecule has 19 heavy (non-hydrogen) atoms. The van der Waals surface area contributed by atoms with Gasteiger partial charge < -0.3 is 11.1 Å². The van der Waals surface area contributed by atoms with Crippen molar-refractivity contribution in [1.82, 2.24) is 5.32 Å². The molecule has 3 N–H and O–H groups in total. The molecule has 0 aliphatic carbocycles. The molecule has 2 heteroatoms. The molecule has 0 saturated heterocycles. The summed E-state index contributed by atoms with van der Waals surface area (Å²) in [5.41, 5.74) is 8.64. The summed E-state index contributed by atoms with van der Waals surface area (Å²) in [5.74, 6) is 0.544. The second kappa shape index (κ2) is 7.66. The molecule has 1 aromatic carbocycles. The minimum absolute atomic E-state index is 0.166. The van der Waals surface area contributed by atoms with Crippen LogP contribution in [0.1, 0.15) is 45.2 Å². The average molecular weight is 262 g/mol. The van der Waals surface area contributed by atoms with E-state index in [1.807, 2.05) is 0 Å². The van der Waals surface area contributed by atoms with E-state index in [4.69, 9.17) is 5.73 Å². The van der Waals surface area contributed by atoms with Crippen LogP contribution in [0.5, 0.6) is 0 Å². The number of nitrogens with two attached hydrogens (primary N) is 1. The van der Waals surface area contributed by atoms with Crippen molar-refractivity contribution in [3.63, 3.8) is 0 Å². The monoisotopic (exact) mass is 262 g/mol. The Hall–Kier alpha value is -0.860. The van der Waals surface area contributed by atoms with Crippen molar-refractivity contribution in [2.45, 2.75) is 46.0 Å². The fourth-order valence-corrected chi connectivity index (χ4v) is 2.23. The van der Waals surface area contributed by atoms with Gasteiger partial charge in [0.05, 0.1) is 0 Å². The minimum atomic E-state index is 0.166. The first-order chi connectivity index (χ1) is 8.99. The Labute approximate surface area is 118 Å². The van der Waals surface area contributed by atoms with Crippen LogP contribution in [0.15, 0.2) is 24.3 Å². The van der Waals surface area contributed by atoms with Crippen LogP contribution < -0.4 is 11.1 Å². The lowest BCUT2D eigenvalue weighted by atomic mass is 9.84. The van der Waals surface area contributed by atoms with Gasteiger partial charge in [0.2, 0.25) is 0 Å². The summed E-state index contributed by atoms with van der Waals surface area (Å²) in [6.07, 6.45) is 2.38. The third-order valence-electron chi connectivity index (χ3n) is 3.74. The van der Waals surface area contributed by atoms with Crippen LogP contribution >= 0.6 is 0 Å². The first-order valence-electron chi connectivity index (χ1n) is 7.49. The van der Waals surface area contributed by atoms with E-state index in [-0.39, 0.29) is 5.41 Å². The molecule has 0 radical (unpaired) electrons. The number of rotatable bonds is 8. The quantitative estimate of drug-likeness (QED) is 0.755.